The molecule has 0 saturated heterocycles. The summed E-state index contributed by atoms with van der Waals surface area (Å²) in [5, 5.41) is 0. The summed E-state index contributed by atoms with van der Waals surface area (Å²) in [4.78, 5) is 13.7. The third-order valence-electron chi connectivity index (χ3n) is 9.04. The second kappa shape index (κ2) is 31.9. The van der Waals surface area contributed by atoms with Crippen LogP contribution in [0.5, 0.6) is 0 Å². The SMILES string of the molecule is C=CCCCCCCCC(=O)C(CCCCCCCC)C(CCCCCCCCC)CCCCCCCCC. The van der Waals surface area contributed by atoms with Gasteiger partial charge in [0.2, 0.25) is 0 Å². The predicted octanol–water partition coefficient (Wildman–Crippen LogP) is 13.7. The molecule has 0 N–H and O–H groups in total. The maximum absolute atomic E-state index is 13.7. The largest absolute Gasteiger partial charge is 0.299 e. The van der Waals surface area contributed by atoms with E-state index in [0.29, 0.717) is 17.6 Å². The van der Waals surface area contributed by atoms with Gasteiger partial charge in [-0.15, -0.1) is 6.58 Å². The summed E-state index contributed by atoms with van der Waals surface area (Å²) in [6.45, 7) is 10.7. The number of Topliss-reactive ketones (excluding diaryl/α,β-unsaturated/α-hetero) is 1. The van der Waals surface area contributed by atoms with Crippen LogP contribution in [-0.4, -0.2) is 5.78 Å². The molecule has 0 aromatic rings. The van der Waals surface area contributed by atoms with Gasteiger partial charge in [0, 0.05) is 12.3 Å². The first-order chi connectivity index (χ1) is 19.2. The molecule has 0 bridgehead atoms. The van der Waals surface area contributed by atoms with Crippen LogP contribution in [-0.2, 0) is 4.79 Å². The van der Waals surface area contributed by atoms with E-state index < -0.39 is 0 Å². The molecule has 0 amide bonds. The van der Waals surface area contributed by atoms with E-state index in [9.17, 15) is 4.79 Å². The highest BCUT2D eigenvalue weighted by atomic mass is 16.1. The van der Waals surface area contributed by atoms with Gasteiger partial charge in [0.25, 0.3) is 0 Å². The molecule has 0 fully saturated rings. The van der Waals surface area contributed by atoms with Crippen molar-refractivity contribution in [2.24, 2.45) is 11.8 Å². The smallest absolute Gasteiger partial charge is 0.136 e. The van der Waals surface area contributed by atoms with Gasteiger partial charge in [0.15, 0.2) is 0 Å². The van der Waals surface area contributed by atoms with Crippen LogP contribution in [0.15, 0.2) is 12.7 Å². The van der Waals surface area contributed by atoms with E-state index in [2.05, 4.69) is 27.4 Å². The van der Waals surface area contributed by atoms with E-state index in [1.807, 2.05) is 6.08 Å². The van der Waals surface area contributed by atoms with Gasteiger partial charge >= 0.3 is 0 Å². The molecule has 0 aromatic carbocycles. The number of hydrogen-bond acceptors (Lipinski definition) is 1. The summed E-state index contributed by atoms with van der Waals surface area (Å²) in [6.07, 6.45) is 41.3. The molecule has 0 aromatic heterocycles. The van der Waals surface area contributed by atoms with Crippen LogP contribution in [0.2, 0.25) is 0 Å². The second-order valence-electron chi connectivity index (χ2n) is 12.8. The van der Waals surface area contributed by atoms with Crippen molar-refractivity contribution in [3.8, 4) is 0 Å². The first-order valence-corrected chi connectivity index (χ1v) is 18.3. The molecule has 0 aliphatic heterocycles. The predicted molar refractivity (Wildman–Crippen MR) is 178 cm³/mol. The number of allylic oxidation sites excluding steroid dienone is 1. The van der Waals surface area contributed by atoms with E-state index in [-0.39, 0.29) is 0 Å². The molecule has 0 aliphatic rings. The van der Waals surface area contributed by atoms with E-state index in [0.717, 1.165) is 19.3 Å². The Kier molecular flexibility index (Phi) is 31.4. The van der Waals surface area contributed by atoms with Crippen molar-refractivity contribution in [2.45, 2.75) is 213 Å². The van der Waals surface area contributed by atoms with Crippen LogP contribution in [0.1, 0.15) is 213 Å². The highest BCUT2D eigenvalue weighted by molar-refractivity contribution is 5.81. The van der Waals surface area contributed by atoms with E-state index in [4.69, 9.17) is 0 Å². The Bertz CT molecular complexity index is 477. The Morgan fingerprint density at radius 3 is 1.28 bits per heavy atom. The lowest BCUT2D eigenvalue weighted by Gasteiger charge is -2.27. The molecule has 1 nitrogen and oxygen atoms in total. The lowest BCUT2D eigenvalue weighted by molar-refractivity contribution is -0.125. The van der Waals surface area contributed by atoms with E-state index >= 15 is 0 Å². The molecule has 0 rings (SSSR count). The molecule has 0 saturated carbocycles. The van der Waals surface area contributed by atoms with Crippen molar-refractivity contribution in [1.29, 1.82) is 0 Å². The number of carbonyl (C=O) groups is 1. The summed E-state index contributed by atoms with van der Waals surface area (Å²) in [6, 6.07) is 0. The van der Waals surface area contributed by atoms with Crippen LogP contribution >= 0.6 is 0 Å². The normalized spacial score (nSPS) is 12.3. The minimum atomic E-state index is 0.345. The fourth-order valence-corrected chi connectivity index (χ4v) is 6.38. The quantitative estimate of drug-likeness (QED) is 0.0591. The lowest BCUT2D eigenvalue weighted by Crippen LogP contribution is -2.24. The number of unbranched alkanes of at least 4 members (excludes halogenated alkanes) is 22. The van der Waals surface area contributed by atoms with Gasteiger partial charge in [-0.3, -0.25) is 4.79 Å². The zero-order valence-electron chi connectivity index (χ0n) is 27.6. The van der Waals surface area contributed by atoms with Gasteiger partial charge in [-0.1, -0.05) is 175 Å². The van der Waals surface area contributed by atoms with Crippen molar-refractivity contribution >= 4 is 5.78 Å². The first kappa shape index (κ1) is 38.4. The zero-order valence-corrected chi connectivity index (χ0v) is 27.6. The summed E-state index contributed by atoms with van der Waals surface area (Å²) in [7, 11) is 0. The van der Waals surface area contributed by atoms with Gasteiger partial charge in [-0.2, -0.15) is 0 Å². The van der Waals surface area contributed by atoms with Crippen molar-refractivity contribution < 1.29 is 4.79 Å². The van der Waals surface area contributed by atoms with Crippen molar-refractivity contribution in [3.63, 3.8) is 0 Å². The fourth-order valence-electron chi connectivity index (χ4n) is 6.38. The molecule has 232 valence electrons. The summed E-state index contributed by atoms with van der Waals surface area (Å²) in [5.74, 6) is 1.62. The maximum atomic E-state index is 13.7. The topological polar surface area (TPSA) is 17.1 Å². The van der Waals surface area contributed by atoms with Gasteiger partial charge < -0.3 is 0 Å². The monoisotopic (exact) mass is 547 g/mol. The highest BCUT2D eigenvalue weighted by Gasteiger charge is 2.26. The summed E-state index contributed by atoms with van der Waals surface area (Å²) < 4.78 is 0. The van der Waals surface area contributed by atoms with Crippen molar-refractivity contribution in [3.05, 3.63) is 12.7 Å². The number of rotatable bonds is 33. The van der Waals surface area contributed by atoms with E-state index in [1.165, 1.54) is 173 Å². The molecule has 1 atom stereocenters. The average Bonchev–Trinajstić information content (AvgIpc) is 2.94. The van der Waals surface area contributed by atoms with Crippen molar-refractivity contribution in [2.75, 3.05) is 0 Å². The Balaban J connectivity index is 4.92. The highest BCUT2D eigenvalue weighted by Crippen LogP contribution is 2.32. The number of hydrogen-bond donors (Lipinski definition) is 0. The molecule has 0 aliphatic carbocycles. The Hall–Kier alpha value is -0.590. The molecule has 1 unspecified atom stereocenters. The molecular formula is C38H74O. The van der Waals surface area contributed by atoms with Gasteiger partial charge in [0.1, 0.15) is 5.78 Å². The Morgan fingerprint density at radius 2 is 0.846 bits per heavy atom. The lowest BCUT2D eigenvalue weighted by atomic mass is 9.77. The number of carbonyl (C=O) groups excluding carboxylic acids is 1. The standard InChI is InChI=1S/C38H74O/c1-5-9-13-17-21-24-28-32-36(33-29-25-22-18-14-10-6-2)37(34-30-26-20-16-12-8-4)38(39)35-31-27-23-19-15-11-7-3/h7,36-37H,3,5-6,8-35H2,1-2,4H3. The maximum Gasteiger partial charge on any atom is 0.136 e. The molecule has 1 heteroatoms. The fraction of sp³-hybridized carbons (Fsp3) is 0.921. The van der Waals surface area contributed by atoms with Gasteiger partial charge in [-0.25, -0.2) is 0 Å². The zero-order chi connectivity index (χ0) is 28.7. The molecule has 0 radical (unpaired) electrons. The number of ketones is 1. The molecule has 39 heavy (non-hydrogen) atoms. The van der Waals surface area contributed by atoms with Crippen molar-refractivity contribution in [1.82, 2.24) is 0 Å². The van der Waals surface area contributed by atoms with E-state index in [1.54, 1.807) is 0 Å². The first-order valence-electron chi connectivity index (χ1n) is 18.3. The minimum absolute atomic E-state index is 0.345. The van der Waals surface area contributed by atoms with Crippen LogP contribution in [0.25, 0.3) is 0 Å². The summed E-state index contributed by atoms with van der Waals surface area (Å²) >= 11 is 0. The van der Waals surface area contributed by atoms with Crippen LogP contribution in [0.3, 0.4) is 0 Å². The van der Waals surface area contributed by atoms with Crippen LogP contribution in [0.4, 0.5) is 0 Å². The molecule has 0 heterocycles. The Labute approximate surface area is 248 Å². The third-order valence-corrected chi connectivity index (χ3v) is 9.04. The van der Waals surface area contributed by atoms with Gasteiger partial charge in [0.05, 0.1) is 0 Å². The minimum Gasteiger partial charge on any atom is -0.299 e. The summed E-state index contributed by atoms with van der Waals surface area (Å²) in [5.41, 5.74) is 0. The second-order valence-corrected chi connectivity index (χ2v) is 12.8. The van der Waals surface area contributed by atoms with Gasteiger partial charge in [-0.05, 0) is 44.4 Å². The Morgan fingerprint density at radius 1 is 0.487 bits per heavy atom. The molecule has 0 spiro atoms. The molecular weight excluding hydrogens is 472 g/mol. The average molecular weight is 547 g/mol. The third kappa shape index (κ3) is 26.1. The van der Waals surface area contributed by atoms with Crippen LogP contribution < -0.4 is 0 Å². The van der Waals surface area contributed by atoms with Crippen LogP contribution in [0, 0.1) is 11.8 Å².